The van der Waals surface area contributed by atoms with Crippen LogP contribution in [0, 0.1) is 0 Å². The van der Waals surface area contributed by atoms with Crippen LogP contribution in [0.4, 0.5) is 0 Å². The molecule has 0 bridgehead atoms. The van der Waals surface area contributed by atoms with E-state index in [4.69, 9.17) is 5.73 Å². The normalized spacial score (nSPS) is 12.0. The molecule has 16 heavy (non-hydrogen) atoms. The van der Waals surface area contributed by atoms with Gasteiger partial charge in [-0.25, -0.2) is 4.98 Å². The fourth-order valence-corrected chi connectivity index (χ4v) is 2.28. The maximum atomic E-state index is 5.44. The average Bonchev–Trinajstić information content (AvgIpc) is 2.65. The van der Waals surface area contributed by atoms with Crippen LogP contribution in [0.5, 0.6) is 0 Å². The Balaban J connectivity index is 2.30. The zero-order chi connectivity index (χ0) is 12.0. The van der Waals surface area contributed by atoms with E-state index in [2.05, 4.69) is 31.1 Å². The number of thiazole rings is 1. The van der Waals surface area contributed by atoms with Crippen molar-refractivity contribution in [2.75, 3.05) is 13.1 Å². The van der Waals surface area contributed by atoms with Crippen LogP contribution < -0.4 is 11.1 Å². The van der Waals surface area contributed by atoms with Gasteiger partial charge in [0.05, 0.1) is 5.01 Å². The van der Waals surface area contributed by atoms with Crippen molar-refractivity contribution in [1.82, 2.24) is 10.3 Å². The van der Waals surface area contributed by atoms with Gasteiger partial charge in [-0.1, -0.05) is 20.8 Å². The molecular weight excluding hydrogens is 218 g/mol. The van der Waals surface area contributed by atoms with E-state index in [1.807, 2.05) is 6.20 Å². The molecular formula is C12H23N3S. The molecule has 0 unspecified atom stereocenters. The van der Waals surface area contributed by atoms with Gasteiger partial charge in [-0.2, -0.15) is 0 Å². The molecule has 0 saturated heterocycles. The molecule has 0 aliphatic rings. The third kappa shape index (κ3) is 4.60. The smallest absolute Gasteiger partial charge is 0.0981 e. The Morgan fingerprint density at radius 2 is 2.12 bits per heavy atom. The minimum atomic E-state index is 0.169. The average molecular weight is 241 g/mol. The molecule has 1 aromatic rings. The molecule has 0 radical (unpaired) electrons. The lowest BCUT2D eigenvalue weighted by atomic mass is 9.98. The SMILES string of the molecule is CC(C)(C)c1ncc(CNCCCCN)s1. The second-order valence-electron chi connectivity index (χ2n) is 5.05. The molecule has 0 amide bonds. The summed E-state index contributed by atoms with van der Waals surface area (Å²) in [6, 6.07) is 0. The summed E-state index contributed by atoms with van der Waals surface area (Å²) in [5.41, 5.74) is 5.61. The number of nitrogens with zero attached hydrogens (tertiary/aromatic N) is 1. The highest BCUT2D eigenvalue weighted by Crippen LogP contribution is 2.26. The first-order chi connectivity index (χ1) is 7.54. The topological polar surface area (TPSA) is 50.9 Å². The molecule has 0 fully saturated rings. The van der Waals surface area contributed by atoms with Crippen LogP contribution in [0.2, 0.25) is 0 Å². The summed E-state index contributed by atoms with van der Waals surface area (Å²) < 4.78 is 0. The van der Waals surface area contributed by atoms with Gasteiger partial charge in [0.2, 0.25) is 0 Å². The lowest BCUT2D eigenvalue weighted by Crippen LogP contribution is -2.15. The maximum Gasteiger partial charge on any atom is 0.0981 e. The Morgan fingerprint density at radius 1 is 1.38 bits per heavy atom. The van der Waals surface area contributed by atoms with Crippen LogP contribution in [0.25, 0.3) is 0 Å². The predicted molar refractivity (Wildman–Crippen MR) is 70.8 cm³/mol. The zero-order valence-corrected chi connectivity index (χ0v) is 11.4. The summed E-state index contributed by atoms with van der Waals surface area (Å²) in [7, 11) is 0. The van der Waals surface area contributed by atoms with Gasteiger partial charge in [0.25, 0.3) is 0 Å². The largest absolute Gasteiger partial charge is 0.330 e. The number of rotatable bonds is 6. The molecule has 3 nitrogen and oxygen atoms in total. The summed E-state index contributed by atoms with van der Waals surface area (Å²) in [5, 5.41) is 4.63. The monoisotopic (exact) mass is 241 g/mol. The Hall–Kier alpha value is -0.450. The fraction of sp³-hybridized carbons (Fsp3) is 0.750. The van der Waals surface area contributed by atoms with Crippen LogP contribution >= 0.6 is 11.3 Å². The van der Waals surface area contributed by atoms with Gasteiger partial charge < -0.3 is 11.1 Å². The Morgan fingerprint density at radius 3 is 2.69 bits per heavy atom. The van der Waals surface area contributed by atoms with Gasteiger partial charge in [-0.15, -0.1) is 11.3 Å². The summed E-state index contributed by atoms with van der Waals surface area (Å²) in [5.74, 6) is 0. The third-order valence-corrected chi connectivity index (χ3v) is 3.73. The minimum Gasteiger partial charge on any atom is -0.330 e. The van der Waals surface area contributed by atoms with Crippen molar-refractivity contribution in [2.45, 2.75) is 45.6 Å². The zero-order valence-electron chi connectivity index (χ0n) is 10.5. The molecule has 4 heteroatoms. The maximum absolute atomic E-state index is 5.44. The number of hydrogen-bond donors (Lipinski definition) is 2. The van der Waals surface area contributed by atoms with E-state index in [0.29, 0.717) is 0 Å². The second kappa shape index (κ2) is 6.33. The molecule has 0 saturated carbocycles. The van der Waals surface area contributed by atoms with Gasteiger partial charge in [0.15, 0.2) is 0 Å². The number of unbranched alkanes of at least 4 members (excludes halogenated alkanes) is 1. The number of nitrogens with two attached hydrogens (primary N) is 1. The molecule has 0 aromatic carbocycles. The molecule has 0 spiro atoms. The molecule has 1 aromatic heterocycles. The highest BCUT2D eigenvalue weighted by molar-refractivity contribution is 7.11. The first kappa shape index (κ1) is 13.6. The van der Waals surface area contributed by atoms with Crippen molar-refractivity contribution < 1.29 is 0 Å². The van der Waals surface area contributed by atoms with Crippen molar-refractivity contribution in [1.29, 1.82) is 0 Å². The van der Waals surface area contributed by atoms with Crippen LogP contribution in [0.15, 0.2) is 6.20 Å². The number of hydrogen-bond acceptors (Lipinski definition) is 4. The molecule has 92 valence electrons. The van der Waals surface area contributed by atoms with Crippen LogP contribution in [-0.2, 0) is 12.0 Å². The summed E-state index contributed by atoms with van der Waals surface area (Å²) in [6.07, 6.45) is 4.24. The van der Waals surface area contributed by atoms with Crippen molar-refractivity contribution >= 4 is 11.3 Å². The first-order valence-electron chi connectivity index (χ1n) is 5.90. The summed E-state index contributed by atoms with van der Waals surface area (Å²) >= 11 is 1.81. The van der Waals surface area contributed by atoms with Gasteiger partial charge in [-0.3, -0.25) is 0 Å². The van der Waals surface area contributed by atoms with E-state index in [0.717, 1.165) is 32.5 Å². The number of nitrogens with one attached hydrogen (secondary N) is 1. The quantitative estimate of drug-likeness (QED) is 0.751. The lowest BCUT2D eigenvalue weighted by molar-refractivity contribution is 0.585. The summed E-state index contributed by atoms with van der Waals surface area (Å²) in [6.45, 7) is 9.35. The van der Waals surface area contributed by atoms with Crippen molar-refractivity contribution in [3.8, 4) is 0 Å². The van der Waals surface area contributed by atoms with E-state index in [9.17, 15) is 0 Å². The van der Waals surface area contributed by atoms with E-state index in [1.165, 1.54) is 9.88 Å². The standard InChI is InChI=1S/C12H23N3S/c1-12(2,3)11-15-9-10(16-11)8-14-7-5-4-6-13/h9,14H,4-8,13H2,1-3H3. The van der Waals surface area contributed by atoms with Crippen molar-refractivity contribution in [3.05, 3.63) is 16.1 Å². The van der Waals surface area contributed by atoms with Gasteiger partial charge >= 0.3 is 0 Å². The van der Waals surface area contributed by atoms with E-state index >= 15 is 0 Å². The van der Waals surface area contributed by atoms with Gasteiger partial charge in [0.1, 0.15) is 0 Å². The van der Waals surface area contributed by atoms with Gasteiger partial charge in [-0.05, 0) is 25.9 Å². The van der Waals surface area contributed by atoms with Gasteiger partial charge in [0, 0.05) is 23.0 Å². The lowest BCUT2D eigenvalue weighted by Gasteiger charge is -2.13. The highest BCUT2D eigenvalue weighted by Gasteiger charge is 2.17. The molecule has 3 N–H and O–H groups in total. The predicted octanol–water partition coefficient (Wildman–Crippen LogP) is 2.27. The minimum absolute atomic E-state index is 0.169. The van der Waals surface area contributed by atoms with E-state index in [1.54, 1.807) is 11.3 Å². The molecule has 1 heterocycles. The molecule has 1 rings (SSSR count). The molecule has 0 aliphatic carbocycles. The Bertz CT molecular complexity index is 301. The van der Waals surface area contributed by atoms with Crippen molar-refractivity contribution in [2.24, 2.45) is 5.73 Å². The molecule has 0 aliphatic heterocycles. The van der Waals surface area contributed by atoms with Crippen molar-refractivity contribution in [3.63, 3.8) is 0 Å². The Kier molecular flexibility index (Phi) is 5.38. The number of aromatic nitrogens is 1. The third-order valence-electron chi connectivity index (χ3n) is 2.30. The Labute approximate surface area is 102 Å². The second-order valence-corrected chi connectivity index (χ2v) is 6.17. The highest BCUT2D eigenvalue weighted by atomic mass is 32.1. The molecule has 0 atom stereocenters. The van der Waals surface area contributed by atoms with E-state index in [-0.39, 0.29) is 5.41 Å². The summed E-state index contributed by atoms with van der Waals surface area (Å²) in [4.78, 5) is 5.78. The van der Waals surface area contributed by atoms with Crippen LogP contribution in [-0.4, -0.2) is 18.1 Å². The fourth-order valence-electron chi connectivity index (χ4n) is 1.34. The first-order valence-corrected chi connectivity index (χ1v) is 6.71. The van der Waals surface area contributed by atoms with E-state index < -0.39 is 0 Å². The van der Waals surface area contributed by atoms with Crippen LogP contribution in [0.1, 0.15) is 43.5 Å². The van der Waals surface area contributed by atoms with Crippen LogP contribution in [0.3, 0.4) is 0 Å².